The monoisotopic (exact) mass is 413 g/mol. The Morgan fingerprint density at radius 3 is 2.52 bits per heavy atom. The number of primary amides is 1. The van der Waals surface area contributed by atoms with Crippen molar-refractivity contribution in [2.75, 3.05) is 11.9 Å². The van der Waals surface area contributed by atoms with Crippen molar-refractivity contribution in [1.29, 1.82) is 0 Å². The Balaban J connectivity index is 1.55. The number of carbonyl (C=O) groups excluding carboxylic acids is 4. The molecule has 0 radical (unpaired) electrons. The minimum Gasteiger partial charge on any atom is -0.484 e. The third kappa shape index (κ3) is 5.14. The third-order valence-corrected chi connectivity index (χ3v) is 5.27. The summed E-state index contributed by atoms with van der Waals surface area (Å²) in [5.41, 5.74) is 7.53. The van der Waals surface area contributed by atoms with Crippen LogP contribution in [0.1, 0.15) is 21.5 Å². The van der Waals surface area contributed by atoms with E-state index in [0.717, 1.165) is 17.3 Å². The largest absolute Gasteiger partial charge is 0.484 e. The van der Waals surface area contributed by atoms with E-state index in [1.54, 1.807) is 49.4 Å². The highest BCUT2D eigenvalue weighted by Crippen LogP contribution is 2.24. The molecule has 0 aromatic heterocycles. The van der Waals surface area contributed by atoms with Crippen molar-refractivity contribution in [3.8, 4) is 5.75 Å². The summed E-state index contributed by atoms with van der Waals surface area (Å²) in [6.45, 7) is 1.51. The highest BCUT2D eigenvalue weighted by atomic mass is 32.2. The van der Waals surface area contributed by atoms with E-state index in [1.165, 1.54) is 0 Å². The second kappa shape index (κ2) is 8.78. The van der Waals surface area contributed by atoms with Gasteiger partial charge in [0.1, 0.15) is 5.75 Å². The number of hydrogen-bond acceptors (Lipinski definition) is 6. The summed E-state index contributed by atoms with van der Waals surface area (Å²) in [7, 11) is 0. The zero-order valence-corrected chi connectivity index (χ0v) is 16.4. The Labute approximate surface area is 171 Å². The fraction of sp³-hybridized carbons (Fsp3) is 0.200. The molecular weight excluding hydrogens is 394 g/mol. The van der Waals surface area contributed by atoms with Crippen molar-refractivity contribution in [3.05, 3.63) is 59.2 Å². The number of anilines is 1. The third-order valence-electron chi connectivity index (χ3n) is 4.28. The van der Waals surface area contributed by atoms with Crippen LogP contribution in [0.5, 0.6) is 5.75 Å². The Morgan fingerprint density at radius 1 is 1.17 bits per heavy atom. The smallest absolute Gasteiger partial charge is 0.286 e. The maximum absolute atomic E-state index is 12.2. The zero-order valence-electron chi connectivity index (χ0n) is 15.6. The van der Waals surface area contributed by atoms with E-state index < -0.39 is 17.1 Å². The van der Waals surface area contributed by atoms with Gasteiger partial charge in [0.15, 0.2) is 6.61 Å². The molecule has 1 saturated heterocycles. The van der Waals surface area contributed by atoms with Crippen molar-refractivity contribution >= 4 is 40.4 Å². The Morgan fingerprint density at radius 2 is 1.90 bits per heavy atom. The summed E-state index contributed by atoms with van der Waals surface area (Å²) in [5.74, 6) is -0.869. The van der Waals surface area contributed by atoms with E-state index in [2.05, 4.69) is 10.6 Å². The number of imide groups is 1. The van der Waals surface area contributed by atoms with Gasteiger partial charge in [-0.2, -0.15) is 0 Å². The topological polar surface area (TPSA) is 128 Å². The van der Waals surface area contributed by atoms with Crippen LogP contribution in [0, 0.1) is 6.92 Å². The van der Waals surface area contributed by atoms with E-state index in [0.29, 0.717) is 23.4 Å². The number of nitrogens with two attached hydrogens (primary N) is 1. The normalized spacial score (nSPS) is 15.7. The summed E-state index contributed by atoms with van der Waals surface area (Å²) in [5, 5.41) is 4.14. The second-order valence-electron chi connectivity index (χ2n) is 6.43. The van der Waals surface area contributed by atoms with Gasteiger partial charge in [0.25, 0.3) is 17.1 Å². The molecule has 2 aromatic carbocycles. The molecule has 29 heavy (non-hydrogen) atoms. The molecule has 0 bridgehead atoms. The molecule has 0 saturated carbocycles. The number of amides is 4. The van der Waals surface area contributed by atoms with Crippen molar-refractivity contribution in [2.45, 2.75) is 18.6 Å². The number of rotatable bonds is 7. The van der Waals surface area contributed by atoms with Crippen LogP contribution in [0.25, 0.3) is 0 Å². The van der Waals surface area contributed by atoms with Gasteiger partial charge >= 0.3 is 0 Å². The summed E-state index contributed by atoms with van der Waals surface area (Å²) in [4.78, 5) is 46.6. The van der Waals surface area contributed by atoms with Crippen LogP contribution in [0.4, 0.5) is 10.5 Å². The number of hydrogen-bond donors (Lipinski definition) is 3. The lowest BCUT2D eigenvalue weighted by atomic mass is 10.1. The summed E-state index contributed by atoms with van der Waals surface area (Å²) < 4.78 is 5.48. The van der Waals surface area contributed by atoms with Crippen LogP contribution in [-0.4, -0.2) is 34.8 Å². The summed E-state index contributed by atoms with van der Waals surface area (Å²) >= 11 is 0.975. The van der Waals surface area contributed by atoms with Crippen LogP contribution in [0.3, 0.4) is 0 Å². The fourth-order valence-electron chi connectivity index (χ4n) is 2.83. The first kappa shape index (κ1) is 20.4. The first-order valence-corrected chi connectivity index (χ1v) is 9.64. The quantitative estimate of drug-likeness (QED) is 0.637. The molecule has 3 rings (SSSR count). The highest BCUT2D eigenvalue weighted by molar-refractivity contribution is 8.15. The predicted octanol–water partition coefficient (Wildman–Crippen LogP) is 2.01. The molecule has 1 fully saturated rings. The molecule has 150 valence electrons. The van der Waals surface area contributed by atoms with Crippen molar-refractivity contribution in [3.63, 3.8) is 0 Å². The molecule has 0 aliphatic carbocycles. The van der Waals surface area contributed by atoms with Gasteiger partial charge in [0.2, 0.25) is 5.91 Å². The van der Waals surface area contributed by atoms with E-state index >= 15 is 0 Å². The molecule has 2 aromatic rings. The maximum atomic E-state index is 12.2. The van der Waals surface area contributed by atoms with Gasteiger partial charge in [0.05, 0.1) is 16.5 Å². The molecule has 9 heteroatoms. The number of para-hydroxylation sites is 1. The second-order valence-corrected chi connectivity index (χ2v) is 7.61. The van der Waals surface area contributed by atoms with Crippen LogP contribution in [0.2, 0.25) is 0 Å². The van der Waals surface area contributed by atoms with Gasteiger partial charge < -0.3 is 15.8 Å². The Kier molecular flexibility index (Phi) is 6.18. The molecule has 1 atom stereocenters. The van der Waals surface area contributed by atoms with Gasteiger partial charge in [-0.1, -0.05) is 36.0 Å². The first-order valence-electron chi connectivity index (χ1n) is 8.76. The number of thioether (sulfide) groups is 1. The molecular formula is C20H19N3O5S. The molecule has 0 spiro atoms. The molecule has 4 N–H and O–H groups in total. The minimum atomic E-state index is -0.628. The van der Waals surface area contributed by atoms with Gasteiger partial charge in [-0.15, -0.1) is 0 Å². The van der Waals surface area contributed by atoms with Gasteiger partial charge in [-0.25, -0.2) is 0 Å². The Hall–Kier alpha value is -3.33. The number of ether oxygens (including phenoxy) is 1. The molecule has 1 unspecified atom stereocenters. The lowest BCUT2D eigenvalue weighted by Gasteiger charge is -2.13. The molecule has 1 aliphatic rings. The first-order chi connectivity index (χ1) is 13.8. The van der Waals surface area contributed by atoms with Crippen molar-refractivity contribution < 1.29 is 23.9 Å². The average Bonchev–Trinajstić information content (AvgIpc) is 2.99. The van der Waals surface area contributed by atoms with E-state index in [-0.39, 0.29) is 23.3 Å². The number of nitrogens with one attached hydrogen (secondary N) is 2. The van der Waals surface area contributed by atoms with Gasteiger partial charge in [-0.05, 0) is 42.7 Å². The van der Waals surface area contributed by atoms with Crippen LogP contribution >= 0.6 is 11.8 Å². The number of benzene rings is 2. The maximum Gasteiger partial charge on any atom is 0.286 e. The van der Waals surface area contributed by atoms with Gasteiger partial charge in [-0.3, -0.25) is 24.5 Å². The average molecular weight is 413 g/mol. The van der Waals surface area contributed by atoms with Crippen molar-refractivity contribution in [2.24, 2.45) is 5.73 Å². The molecule has 1 aliphatic heterocycles. The number of carbonyl (C=O) groups is 4. The SMILES string of the molecule is Cc1cccc(C(N)=O)c1NC(=O)COc1ccc(CC2SC(=O)NC2=O)cc1. The van der Waals surface area contributed by atoms with Crippen LogP contribution in [-0.2, 0) is 16.0 Å². The van der Waals surface area contributed by atoms with Crippen LogP contribution in [0.15, 0.2) is 42.5 Å². The standard InChI is InChI=1S/C20H19N3O5S/c1-11-3-2-4-14(18(21)25)17(11)22-16(24)10-28-13-7-5-12(6-8-13)9-15-19(26)23-20(27)29-15/h2-8,15H,9-10H2,1H3,(H2,21,25)(H,22,24)(H,23,26,27). The Bertz CT molecular complexity index is 975. The van der Waals surface area contributed by atoms with E-state index in [4.69, 9.17) is 10.5 Å². The van der Waals surface area contributed by atoms with Crippen molar-refractivity contribution in [1.82, 2.24) is 5.32 Å². The molecule has 8 nitrogen and oxygen atoms in total. The predicted molar refractivity (Wildman–Crippen MR) is 109 cm³/mol. The van der Waals surface area contributed by atoms with E-state index in [9.17, 15) is 19.2 Å². The highest BCUT2D eigenvalue weighted by Gasteiger charge is 2.31. The summed E-state index contributed by atoms with van der Waals surface area (Å²) in [6.07, 6.45) is 0.423. The fourth-order valence-corrected chi connectivity index (χ4v) is 3.69. The van der Waals surface area contributed by atoms with E-state index in [1.807, 2.05) is 0 Å². The zero-order chi connectivity index (χ0) is 21.0. The minimum absolute atomic E-state index is 0.231. The van der Waals surface area contributed by atoms with Crippen LogP contribution < -0.4 is 21.1 Å². The lowest BCUT2D eigenvalue weighted by molar-refractivity contribution is -0.119. The lowest BCUT2D eigenvalue weighted by Crippen LogP contribution is -2.25. The summed E-state index contributed by atoms with van der Waals surface area (Å²) in [6, 6.07) is 11.9. The molecule has 4 amide bonds. The number of aryl methyl sites for hydroxylation is 1. The molecule has 1 heterocycles. The van der Waals surface area contributed by atoms with Gasteiger partial charge in [0, 0.05) is 0 Å².